The van der Waals surface area contributed by atoms with E-state index in [-0.39, 0.29) is 25.5 Å². The molecule has 0 radical (unpaired) electrons. The first-order chi connectivity index (χ1) is 14.0. The Bertz CT molecular complexity index is 447. The molecule has 0 aliphatic heterocycles. The Labute approximate surface area is 183 Å². The van der Waals surface area contributed by atoms with E-state index >= 15 is 0 Å². The van der Waals surface area contributed by atoms with E-state index in [0.717, 1.165) is 7.11 Å². The standard InChI is InChI=1S/C15H33N2O8P.2C2H6/c1-17(2,3)10-13(18)9-15(19)16-7-6-8-24-11-14(22-4)12-25-26(20,21)23-5;2*1-2/h13-14,18H,6-12H2,1-5H3,(H-,16,19,20,21);2*1-2H3/p+1. The highest BCUT2D eigenvalue weighted by atomic mass is 31.2. The summed E-state index contributed by atoms with van der Waals surface area (Å²) in [5, 5.41) is 12.6. The number of aliphatic hydroxyl groups is 1. The van der Waals surface area contributed by atoms with Gasteiger partial charge in [-0.25, -0.2) is 4.57 Å². The fraction of sp³-hybridized carbons (Fsp3) is 0.947. The number of rotatable bonds is 15. The van der Waals surface area contributed by atoms with Crippen LogP contribution in [0.15, 0.2) is 0 Å². The van der Waals surface area contributed by atoms with Crippen LogP contribution in [-0.4, -0.2) is 101 Å². The average molecular weight is 462 g/mol. The van der Waals surface area contributed by atoms with Crippen molar-refractivity contribution in [3.63, 3.8) is 0 Å². The quantitative estimate of drug-likeness (QED) is 0.192. The van der Waals surface area contributed by atoms with Crippen LogP contribution in [0.2, 0.25) is 0 Å². The highest BCUT2D eigenvalue weighted by Crippen LogP contribution is 2.41. The zero-order valence-electron chi connectivity index (χ0n) is 20.3. The van der Waals surface area contributed by atoms with Gasteiger partial charge in [0, 0.05) is 27.4 Å². The maximum Gasteiger partial charge on any atom is 0.472 e. The predicted molar refractivity (Wildman–Crippen MR) is 118 cm³/mol. The molecule has 0 aliphatic carbocycles. The Morgan fingerprint density at radius 2 is 1.67 bits per heavy atom. The number of methoxy groups -OCH3 is 1. The van der Waals surface area contributed by atoms with E-state index in [0.29, 0.717) is 30.6 Å². The first kappa shape index (κ1) is 34.0. The van der Waals surface area contributed by atoms with Gasteiger partial charge in [0.15, 0.2) is 0 Å². The number of ether oxygens (including phenoxy) is 2. The van der Waals surface area contributed by atoms with Crippen LogP contribution in [0.1, 0.15) is 40.5 Å². The lowest BCUT2D eigenvalue weighted by molar-refractivity contribution is -0.873. The maximum absolute atomic E-state index is 11.7. The number of nitrogens with one attached hydrogen (secondary N) is 1. The van der Waals surface area contributed by atoms with Crippen molar-refractivity contribution in [3.05, 3.63) is 0 Å². The molecule has 3 N–H and O–H groups in total. The van der Waals surface area contributed by atoms with E-state index in [1.165, 1.54) is 7.11 Å². The third kappa shape index (κ3) is 23.7. The number of amides is 1. The molecule has 0 heterocycles. The van der Waals surface area contributed by atoms with Crippen molar-refractivity contribution in [1.29, 1.82) is 0 Å². The largest absolute Gasteiger partial charge is 0.472 e. The summed E-state index contributed by atoms with van der Waals surface area (Å²) in [4.78, 5) is 20.9. The molecule has 0 saturated carbocycles. The van der Waals surface area contributed by atoms with E-state index in [1.807, 2.05) is 48.8 Å². The number of carbonyl (C=O) groups is 1. The van der Waals surface area contributed by atoms with Gasteiger partial charge in [-0.05, 0) is 6.42 Å². The van der Waals surface area contributed by atoms with Crippen LogP contribution in [-0.2, 0) is 27.9 Å². The van der Waals surface area contributed by atoms with E-state index in [1.54, 1.807) is 0 Å². The molecule has 1 amide bonds. The third-order valence-electron chi connectivity index (χ3n) is 3.26. The molecule has 0 rings (SSSR count). The summed E-state index contributed by atoms with van der Waals surface area (Å²) in [5.41, 5.74) is 0. The smallest absolute Gasteiger partial charge is 0.387 e. The second-order valence-electron chi connectivity index (χ2n) is 6.91. The number of nitrogens with zero attached hydrogens (tertiary/aromatic N) is 1. The molecule has 11 heteroatoms. The maximum atomic E-state index is 11.7. The molecule has 3 atom stereocenters. The molecule has 0 aromatic rings. The molecule has 3 unspecified atom stereocenters. The molecular formula is C19H46N2O8P+. The first-order valence-electron chi connectivity index (χ1n) is 10.4. The Morgan fingerprint density at radius 1 is 1.10 bits per heavy atom. The van der Waals surface area contributed by atoms with Crippen LogP contribution < -0.4 is 5.32 Å². The Balaban J connectivity index is -0.00000171. The van der Waals surface area contributed by atoms with Gasteiger partial charge in [-0.15, -0.1) is 0 Å². The van der Waals surface area contributed by atoms with Gasteiger partial charge in [-0.3, -0.25) is 13.8 Å². The molecular weight excluding hydrogens is 415 g/mol. The van der Waals surface area contributed by atoms with Crippen molar-refractivity contribution in [3.8, 4) is 0 Å². The monoisotopic (exact) mass is 461 g/mol. The van der Waals surface area contributed by atoms with Crippen LogP contribution >= 0.6 is 7.82 Å². The van der Waals surface area contributed by atoms with Crippen molar-refractivity contribution < 1.29 is 42.4 Å². The lowest BCUT2D eigenvalue weighted by Crippen LogP contribution is -2.43. The van der Waals surface area contributed by atoms with Crippen LogP contribution in [0, 0.1) is 0 Å². The van der Waals surface area contributed by atoms with Crippen molar-refractivity contribution in [1.82, 2.24) is 5.32 Å². The molecule has 184 valence electrons. The summed E-state index contributed by atoms with van der Waals surface area (Å²) in [6.45, 7) is 9.35. The minimum atomic E-state index is -4.03. The van der Waals surface area contributed by atoms with Gasteiger partial charge >= 0.3 is 7.82 Å². The zero-order valence-corrected chi connectivity index (χ0v) is 21.2. The molecule has 0 fully saturated rings. The van der Waals surface area contributed by atoms with Gasteiger partial charge in [0.1, 0.15) is 18.8 Å². The number of aliphatic hydroxyl groups excluding tert-OH is 1. The number of phosphoric ester groups is 1. The molecule has 0 spiro atoms. The van der Waals surface area contributed by atoms with E-state index in [2.05, 4.69) is 9.84 Å². The van der Waals surface area contributed by atoms with Crippen molar-refractivity contribution in [2.75, 3.05) is 68.3 Å². The predicted octanol–water partition coefficient (Wildman–Crippen LogP) is 1.80. The summed E-state index contributed by atoms with van der Waals surface area (Å²) in [6.07, 6.45) is -0.528. The number of hydrogen-bond donors (Lipinski definition) is 3. The van der Waals surface area contributed by atoms with Crippen molar-refractivity contribution in [2.24, 2.45) is 0 Å². The van der Waals surface area contributed by atoms with Gasteiger partial charge in [-0.2, -0.15) is 0 Å². The number of likely N-dealkylation sites (N-methyl/N-ethyl adjacent to an activating group) is 1. The molecule has 0 bridgehead atoms. The molecule has 0 aromatic heterocycles. The lowest BCUT2D eigenvalue weighted by atomic mass is 10.2. The van der Waals surface area contributed by atoms with E-state index in [4.69, 9.17) is 18.9 Å². The second-order valence-corrected chi connectivity index (χ2v) is 8.47. The number of phosphoric acid groups is 1. The average Bonchev–Trinajstić information content (AvgIpc) is 2.68. The molecule has 0 aromatic carbocycles. The van der Waals surface area contributed by atoms with Gasteiger partial charge in [0.05, 0.1) is 40.8 Å². The zero-order chi connectivity index (χ0) is 24.2. The summed E-state index contributed by atoms with van der Waals surface area (Å²) >= 11 is 0. The van der Waals surface area contributed by atoms with Gasteiger partial charge < -0.3 is 29.3 Å². The summed E-state index contributed by atoms with van der Waals surface area (Å²) in [7, 11) is 4.34. The lowest BCUT2D eigenvalue weighted by Gasteiger charge is -2.26. The Hall–Kier alpha value is -0.580. The fourth-order valence-electron chi connectivity index (χ4n) is 2.01. The van der Waals surface area contributed by atoms with Crippen LogP contribution in [0.25, 0.3) is 0 Å². The molecule has 10 nitrogen and oxygen atoms in total. The highest BCUT2D eigenvalue weighted by Gasteiger charge is 2.21. The molecule has 30 heavy (non-hydrogen) atoms. The van der Waals surface area contributed by atoms with Crippen LogP contribution in [0.4, 0.5) is 0 Å². The fourth-order valence-corrected chi connectivity index (χ4v) is 2.47. The Kier molecular flexibility index (Phi) is 23.1. The minimum absolute atomic E-state index is 0.0696. The second kappa shape index (κ2) is 20.3. The SMILES string of the molecule is CC.CC.COC(COCCCNC(=O)CC(O)C[N+](C)(C)C)COP(=O)(O)OC. The first-order valence-corrected chi connectivity index (χ1v) is 11.9. The molecule has 0 aliphatic rings. The van der Waals surface area contributed by atoms with E-state index < -0.39 is 20.0 Å². The molecule has 0 saturated heterocycles. The van der Waals surface area contributed by atoms with Crippen LogP contribution in [0.5, 0.6) is 0 Å². The third-order valence-corrected chi connectivity index (χ3v) is 4.20. The number of carbonyl (C=O) groups excluding carboxylic acids is 1. The van der Waals surface area contributed by atoms with E-state index in [9.17, 15) is 14.5 Å². The number of hydrogen-bond acceptors (Lipinski definition) is 7. The number of quaternary nitrogens is 1. The normalized spacial score (nSPS) is 14.9. The van der Waals surface area contributed by atoms with Gasteiger partial charge in [0.25, 0.3) is 0 Å². The summed E-state index contributed by atoms with van der Waals surface area (Å²) < 4.78 is 31.3. The minimum Gasteiger partial charge on any atom is -0.387 e. The van der Waals surface area contributed by atoms with Crippen molar-refractivity contribution in [2.45, 2.75) is 52.7 Å². The van der Waals surface area contributed by atoms with Crippen LogP contribution in [0.3, 0.4) is 0 Å². The summed E-state index contributed by atoms with van der Waals surface area (Å²) in [5.74, 6) is -0.201. The summed E-state index contributed by atoms with van der Waals surface area (Å²) in [6, 6.07) is 0. The Morgan fingerprint density at radius 3 is 2.13 bits per heavy atom. The highest BCUT2D eigenvalue weighted by molar-refractivity contribution is 7.47. The van der Waals surface area contributed by atoms with Crippen molar-refractivity contribution >= 4 is 13.7 Å². The van der Waals surface area contributed by atoms with Gasteiger partial charge in [0.2, 0.25) is 5.91 Å². The van der Waals surface area contributed by atoms with Gasteiger partial charge in [-0.1, -0.05) is 27.7 Å². The topological polar surface area (TPSA) is 124 Å².